The van der Waals surface area contributed by atoms with Crippen molar-refractivity contribution in [3.63, 3.8) is 0 Å². The van der Waals surface area contributed by atoms with Crippen LogP contribution >= 0.6 is 11.8 Å². The molecule has 1 unspecified atom stereocenters. The molecule has 0 aromatic heterocycles. The number of carbonyl (C=O) groups excluding carboxylic acids is 1. The molecule has 1 fully saturated rings. The second kappa shape index (κ2) is 13.7. The van der Waals surface area contributed by atoms with Crippen molar-refractivity contribution in [3.05, 3.63) is 119 Å². The number of thioether (sulfide) groups is 1. The van der Waals surface area contributed by atoms with Gasteiger partial charge in [0.2, 0.25) is 0 Å². The number of carbonyl (C=O) groups is 3. The fourth-order valence-electron chi connectivity index (χ4n) is 5.32. The number of aliphatic carboxylic acids is 2. The highest BCUT2D eigenvalue weighted by molar-refractivity contribution is 8.01. The van der Waals surface area contributed by atoms with Gasteiger partial charge in [-0.25, -0.2) is 18.4 Å². The molecule has 9 heteroatoms. The van der Waals surface area contributed by atoms with Crippen LogP contribution in [0.3, 0.4) is 0 Å². The van der Waals surface area contributed by atoms with Gasteiger partial charge in [-0.2, -0.15) is 0 Å². The summed E-state index contributed by atoms with van der Waals surface area (Å²) in [6, 6.07) is 21.5. The Kier molecular flexibility index (Phi) is 10.1. The largest absolute Gasteiger partial charge is 0.478 e. The van der Waals surface area contributed by atoms with Gasteiger partial charge in [0.15, 0.2) is 5.78 Å². The first-order chi connectivity index (χ1) is 19.7. The maximum Gasteiger partial charge on any atom is 0.328 e. The van der Waals surface area contributed by atoms with Crippen LogP contribution in [0.2, 0.25) is 0 Å². The van der Waals surface area contributed by atoms with Crippen molar-refractivity contribution in [2.75, 3.05) is 19.6 Å². The van der Waals surface area contributed by atoms with Crippen molar-refractivity contribution >= 4 is 29.5 Å². The summed E-state index contributed by atoms with van der Waals surface area (Å²) in [5.74, 6) is -2.90. The average Bonchev–Trinajstić information content (AvgIpc) is 3.27. The second-order valence-corrected chi connectivity index (χ2v) is 11.5. The van der Waals surface area contributed by atoms with Crippen molar-refractivity contribution < 1.29 is 33.4 Å². The van der Waals surface area contributed by atoms with E-state index in [-0.39, 0.29) is 27.4 Å². The van der Waals surface area contributed by atoms with E-state index < -0.39 is 11.9 Å². The molecule has 1 spiro atoms. The van der Waals surface area contributed by atoms with Gasteiger partial charge >= 0.3 is 11.9 Å². The number of carboxylic acids is 2. The molecule has 214 valence electrons. The van der Waals surface area contributed by atoms with E-state index in [1.807, 2.05) is 23.9 Å². The lowest BCUT2D eigenvalue weighted by Gasteiger charge is -2.39. The highest BCUT2D eigenvalue weighted by Crippen LogP contribution is 2.61. The minimum absolute atomic E-state index is 0.0178. The fraction of sp³-hybridized carbons (Fsp3) is 0.281. The molecule has 1 atom stereocenters. The lowest BCUT2D eigenvalue weighted by Crippen LogP contribution is -2.40. The van der Waals surface area contributed by atoms with Gasteiger partial charge < -0.3 is 15.1 Å². The average molecular weight is 580 g/mol. The highest BCUT2D eigenvalue weighted by atomic mass is 32.2. The van der Waals surface area contributed by atoms with Crippen molar-refractivity contribution in [1.29, 1.82) is 0 Å². The topological polar surface area (TPSA) is 94.9 Å². The first-order valence-corrected chi connectivity index (χ1v) is 14.2. The first kappa shape index (κ1) is 30.1. The molecule has 5 rings (SSSR count). The van der Waals surface area contributed by atoms with E-state index in [9.17, 15) is 23.2 Å². The molecule has 0 bridgehead atoms. The summed E-state index contributed by atoms with van der Waals surface area (Å²) < 4.78 is 27.7. The summed E-state index contributed by atoms with van der Waals surface area (Å²) in [6.45, 7) is 2.82. The summed E-state index contributed by atoms with van der Waals surface area (Å²) in [6.07, 6.45) is 4.42. The summed E-state index contributed by atoms with van der Waals surface area (Å²) >= 11 is 1.91. The quantitative estimate of drug-likeness (QED) is 0.233. The Bertz CT molecular complexity index is 1400. The van der Waals surface area contributed by atoms with Crippen LogP contribution in [0.25, 0.3) is 0 Å². The Morgan fingerprint density at radius 1 is 0.854 bits per heavy atom. The number of hydrogen-bond acceptors (Lipinski definition) is 5. The van der Waals surface area contributed by atoms with Crippen LogP contribution in [0.5, 0.6) is 0 Å². The highest BCUT2D eigenvalue weighted by Gasteiger charge is 2.46. The lowest BCUT2D eigenvalue weighted by atomic mass is 9.84. The molecule has 3 aromatic rings. The van der Waals surface area contributed by atoms with Crippen LogP contribution in [0.15, 0.2) is 84.9 Å². The lowest BCUT2D eigenvalue weighted by molar-refractivity contribution is -0.134. The number of hydrogen-bond donors (Lipinski definition) is 2. The predicted octanol–water partition coefficient (Wildman–Crippen LogP) is 6.47. The van der Waals surface area contributed by atoms with Crippen LogP contribution in [-0.4, -0.2) is 52.5 Å². The van der Waals surface area contributed by atoms with Gasteiger partial charge in [-0.3, -0.25) is 4.79 Å². The SMILES string of the molecule is O=C(CCCN1CCC2(CC1)SC(c1ccccc1F)c1ccccc12)c1ccc(F)cc1.O=C(O)C=CC(=O)O. The van der Waals surface area contributed by atoms with Crippen molar-refractivity contribution in [2.45, 2.75) is 35.7 Å². The number of piperidine rings is 1. The molecule has 0 aliphatic carbocycles. The van der Waals surface area contributed by atoms with Gasteiger partial charge in [-0.1, -0.05) is 42.5 Å². The summed E-state index contributed by atoms with van der Waals surface area (Å²) in [4.78, 5) is 33.9. The monoisotopic (exact) mass is 579 g/mol. The Hall–Kier alpha value is -3.82. The van der Waals surface area contributed by atoms with E-state index in [1.165, 1.54) is 23.3 Å². The maximum atomic E-state index is 14.6. The summed E-state index contributed by atoms with van der Waals surface area (Å²) in [5.41, 5.74) is 3.95. The number of benzene rings is 3. The standard InChI is InChI=1S/C28H27F2NOS.C4H4O4/c29-21-13-11-20(12-14-21)26(32)10-5-17-31-18-15-28(16-19-31)24-8-3-1-6-22(24)27(33-28)23-7-2-4-9-25(23)30;5-3(6)1-2-4(7)8/h1-4,6-9,11-14,27H,5,10,15-19H2;1-2H,(H,5,6)(H,7,8). The maximum absolute atomic E-state index is 14.6. The normalized spacial score (nSPS) is 17.6. The van der Waals surface area contributed by atoms with Crippen molar-refractivity contribution in [3.8, 4) is 0 Å². The molecule has 2 aliphatic heterocycles. The van der Waals surface area contributed by atoms with E-state index in [4.69, 9.17) is 10.2 Å². The van der Waals surface area contributed by atoms with E-state index in [0.717, 1.165) is 44.5 Å². The van der Waals surface area contributed by atoms with Gasteiger partial charge in [0.05, 0.1) is 5.25 Å². The van der Waals surface area contributed by atoms with Gasteiger partial charge in [0.25, 0.3) is 0 Å². The smallest absolute Gasteiger partial charge is 0.328 e. The number of Topliss-reactive ketones (excluding diaryl/α,β-unsaturated/α-hetero) is 1. The molecular formula is C32H31F2NO5S. The van der Waals surface area contributed by atoms with Crippen LogP contribution < -0.4 is 0 Å². The summed E-state index contributed by atoms with van der Waals surface area (Å²) in [5, 5.41) is 15.7. The molecule has 1 saturated heterocycles. The number of halogens is 2. The zero-order valence-electron chi connectivity index (χ0n) is 22.3. The summed E-state index contributed by atoms with van der Waals surface area (Å²) in [7, 11) is 0. The van der Waals surface area contributed by atoms with Crippen LogP contribution in [-0.2, 0) is 14.3 Å². The Labute approximate surface area is 241 Å². The Balaban J connectivity index is 0.000000426. The third kappa shape index (κ3) is 7.68. The number of fused-ring (bicyclic) bond motifs is 2. The van der Waals surface area contributed by atoms with E-state index >= 15 is 0 Å². The number of ketones is 1. The van der Waals surface area contributed by atoms with Gasteiger partial charge in [-0.05, 0) is 80.4 Å². The molecule has 41 heavy (non-hydrogen) atoms. The van der Waals surface area contributed by atoms with Gasteiger partial charge in [0.1, 0.15) is 11.6 Å². The molecule has 0 amide bonds. The molecule has 3 aromatic carbocycles. The third-order valence-electron chi connectivity index (χ3n) is 7.34. The molecule has 6 nitrogen and oxygen atoms in total. The molecule has 0 radical (unpaired) electrons. The van der Waals surface area contributed by atoms with Crippen LogP contribution in [0, 0.1) is 11.6 Å². The minimum Gasteiger partial charge on any atom is -0.478 e. The van der Waals surface area contributed by atoms with E-state index in [0.29, 0.717) is 24.1 Å². The van der Waals surface area contributed by atoms with Crippen LogP contribution in [0.4, 0.5) is 8.78 Å². The fourth-order valence-corrected chi connectivity index (χ4v) is 7.16. The molecule has 2 N–H and O–H groups in total. The Morgan fingerprint density at radius 3 is 2.05 bits per heavy atom. The number of carboxylic acid groups (broad SMARTS) is 2. The van der Waals surface area contributed by atoms with E-state index in [1.54, 1.807) is 24.3 Å². The zero-order valence-corrected chi connectivity index (χ0v) is 23.2. The van der Waals surface area contributed by atoms with E-state index in [2.05, 4.69) is 29.2 Å². The molecule has 0 saturated carbocycles. The Morgan fingerprint density at radius 2 is 1.44 bits per heavy atom. The van der Waals surface area contributed by atoms with Crippen molar-refractivity contribution in [2.24, 2.45) is 0 Å². The van der Waals surface area contributed by atoms with Crippen molar-refractivity contribution in [1.82, 2.24) is 4.90 Å². The second-order valence-electron chi connectivity index (χ2n) is 9.99. The number of nitrogens with zero attached hydrogens (tertiary/aromatic N) is 1. The molecule has 2 heterocycles. The zero-order chi connectivity index (χ0) is 29.4. The third-order valence-corrected chi connectivity index (χ3v) is 9.16. The first-order valence-electron chi connectivity index (χ1n) is 13.4. The minimum atomic E-state index is -1.26. The van der Waals surface area contributed by atoms with Gasteiger partial charge in [0, 0.05) is 34.4 Å². The van der Waals surface area contributed by atoms with Crippen LogP contribution in [0.1, 0.15) is 58.0 Å². The predicted molar refractivity (Wildman–Crippen MR) is 154 cm³/mol. The van der Waals surface area contributed by atoms with Gasteiger partial charge in [-0.15, -0.1) is 11.8 Å². The number of rotatable bonds is 8. The molecule has 2 aliphatic rings. The number of likely N-dealkylation sites (tertiary alicyclic amines) is 1. The molecular weight excluding hydrogens is 548 g/mol.